The normalized spacial score (nSPS) is 22.4. The van der Waals surface area contributed by atoms with Crippen molar-refractivity contribution >= 4 is 44.4 Å². The minimum atomic E-state index is -4.14. The van der Waals surface area contributed by atoms with Gasteiger partial charge in [-0.05, 0) is 75.9 Å². The maximum atomic E-state index is 15.7. The van der Waals surface area contributed by atoms with Gasteiger partial charge >= 0.3 is 15.8 Å². The lowest BCUT2D eigenvalue weighted by atomic mass is 9.95. The third kappa shape index (κ3) is 6.27. The largest absolute Gasteiger partial charge is 0.422 e. The number of hydrogen-bond acceptors (Lipinski definition) is 10. The number of methoxy groups -OCH3 is 1. The van der Waals surface area contributed by atoms with E-state index in [1.165, 1.54) is 20.2 Å². The Labute approximate surface area is 297 Å². The number of anilines is 2. The molecule has 274 valence electrons. The fraction of sp³-hybridized carbons (Fsp3) is 0.528. The van der Waals surface area contributed by atoms with Gasteiger partial charge in [0.1, 0.15) is 11.4 Å². The average molecular weight is 725 g/mol. The molecule has 1 unspecified atom stereocenters. The van der Waals surface area contributed by atoms with Crippen molar-refractivity contribution < 1.29 is 31.6 Å². The molecule has 3 fully saturated rings. The van der Waals surface area contributed by atoms with Crippen LogP contribution in [0.25, 0.3) is 11.0 Å². The molecule has 0 radical (unpaired) electrons. The summed E-state index contributed by atoms with van der Waals surface area (Å²) >= 11 is 0. The van der Waals surface area contributed by atoms with Gasteiger partial charge in [-0.1, -0.05) is 0 Å². The zero-order valence-electron chi connectivity index (χ0n) is 29.7. The number of benzene rings is 2. The molecule has 1 aromatic heterocycles. The van der Waals surface area contributed by atoms with Crippen LogP contribution in [0.2, 0.25) is 0 Å². The molecule has 51 heavy (non-hydrogen) atoms. The van der Waals surface area contributed by atoms with E-state index in [1.807, 2.05) is 13.0 Å². The van der Waals surface area contributed by atoms with Crippen LogP contribution in [0.1, 0.15) is 63.1 Å². The number of likely N-dealkylation sites (N-methyl/N-ethyl adjacent to an activating group) is 1. The van der Waals surface area contributed by atoms with Gasteiger partial charge < -0.3 is 23.9 Å². The lowest BCUT2D eigenvalue weighted by Crippen LogP contribution is -2.53. The second kappa shape index (κ2) is 13.5. The molecule has 1 N–H and O–H groups in total. The van der Waals surface area contributed by atoms with Gasteiger partial charge in [-0.2, -0.15) is 12.7 Å². The molecule has 1 atom stereocenters. The molecule has 7 rings (SSSR count). The molecule has 3 aromatic rings. The fourth-order valence-corrected chi connectivity index (χ4v) is 10.1. The molecular formula is C36H45FN6O7S. The molecule has 3 saturated heterocycles. The van der Waals surface area contributed by atoms with Crippen molar-refractivity contribution in [1.29, 1.82) is 0 Å². The predicted octanol–water partition coefficient (Wildman–Crippen LogP) is 2.87. The Hall–Kier alpha value is -4.05. The Morgan fingerprint density at radius 2 is 1.75 bits per heavy atom. The second-order valence-corrected chi connectivity index (χ2v) is 16.0. The molecule has 4 aliphatic rings. The van der Waals surface area contributed by atoms with E-state index in [0.717, 1.165) is 73.6 Å². The number of nitrogens with one attached hydrogen (secondary N) is 1. The Bertz CT molecular complexity index is 2050. The number of aryl methyl sites for hydroxylation is 1. The number of piperazine rings is 1. The number of amides is 2. The minimum Gasteiger partial charge on any atom is -0.422 e. The minimum absolute atomic E-state index is 0.0697. The molecule has 2 bridgehead atoms. The maximum absolute atomic E-state index is 15.7. The zero-order valence-corrected chi connectivity index (χ0v) is 30.5. The highest BCUT2D eigenvalue weighted by molar-refractivity contribution is 7.87. The van der Waals surface area contributed by atoms with Gasteiger partial charge in [0, 0.05) is 76.1 Å². The SMILES string of the molecule is COCC1CN(c2ccc3c4c(c(=O)oc3c2C)CN(C(=O)c2cc(N(C)C)c(C(=O)NS(=O)(=O)N3C5CCC3CC5)cc2F)CC4)CCN1C. The molecule has 15 heteroatoms. The summed E-state index contributed by atoms with van der Waals surface area (Å²) in [6.45, 7) is 5.21. The van der Waals surface area contributed by atoms with Crippen LogP contribution in [0.4, 0.5) is 15.8 Å². The average Bonchev–Trinajstić information content (AvgIpc) is 3.72. The van der Waals surface area contributed by atoms with Crippen molar-refractivity contribution in [3.8, 4) is 0 Å². The fourth-order valence-electron chi connectivity index (χ4n) is 8.44. The summed E-state index contributed by atoms with van der Waals surface area (Å²) in [5.74, 6) is -2.59. The maximum Gasteiger partial charge on any atom is 0.341 e. The van der Waals surface area contributed by atoms with Crippen LogP contribution in [-0.4, -0.2) is 114 Å². The van der Waals surface area contributed by atoms with Gasteiger partial charge in [0.25, 0.3) is 11.8 Å². The first-order valence-electron chi connectivity index (χ1n) is 17.5. The van der Waals surface area contributed by atoms with E-state index < -0.39 is 33.5 Å². The van der Waals surface area contributed by atoms with Crippen molar-refractivity contribution in [2.45, 2.75) is 63.7 Å². The highest BCUT2D eigenvalue weighted by atomic mass is 32.2. The van der Waals surface area contributed by atoms with E-state index in [9.17, 15) is 22.8 Å². The lowest BCUT2D eigenvalue weighted by Gasteiger charge is -2.41. The highest BCUT2D eigenvalue weighted by Gasteiger charge is 2.47. The standard InChI is InChI=1S/C36H45FN6O7S/c1-21-31(41-15-14-40(4)24(18-41)20-49-5)11-10-26-25-12-13-42(19-29(25)36(46)50-33(21)26)35(45)27-17-32(39(2)3)28(16-30(27)37)34(44)38-51(47,48)43-22-6-7-23(43)9-8-22/h10-11,16-17,22-24H,6-9,12-15,18-20H2,1-5H3,(H,38,44). The second-order valence-electron chi connectivity index (χ2n) is 14.4. The van der Waals surface area contributed by atoms with Crippen LogP contribution in [0.5, 0.6) is 0 Å². The Balaban J connectivity index is 1.13. The summed E-state index contributed by atoms with van der Waals surface area (Å²) in [7, 11) is 2.89. The third-order valence-corrected chi connectivity index (χ3v) is 12.8. The highest BCUT2D eigenvalue weighted by Crippen LogP contribution is 2.39. The number of carbonyl (C=O) groups is 2. The Morgan fingerprint density at radius 3 is 2.41 bits per heavy atom. The van der Waals surface area contributed by atoms with Crippen LogP contribution in [-0.2, 0) is 27.9 Å². The summed E-state index contributed by atoms with van der Waals surface area (Å²) in [4.78, 5) is 48.1. The Kier molecular flexibility index (Phi) is 9.35. The monoisotopic (exact) mass is 724 g/mol. The van der Waals surface area contributed by atoms with E-state index in [4.69, 9.17) is 9.15 Å². The predicted molar refractivity (Wildman–Crippen MR) is 191 cm³/mol. The van der Waals surface area contributed by atoms with Gasteiger partial charge in [-0.15, -0.1) is 0 Å². The van der Waals surface area contributed by atoms with Crippen molar-refractivity contribution in [2.24, 2.45) is 0 Å². The number of rotatable bonds is 8. The lowest BCUT2D eigenvalue weighted by molar-refractivity contribution is 0.0727. The summed E-state index contributed by atoms with van der Waals surface area (Å²) < 4.78 is 56.9. The van der Waals surface area contributed by atoms with Gasteiger partial charge in [-0.25, -0.2) is 13.9 Å². The molecule has 0 aliphatic carbocycles. The number of hydrogen-bond donors (Lipinski definition) is 1. The van der Waals surface area contributed by atoms with E-state index in [1.54, 1.807) is 21.2 Å². The van der Waals surface area contributed by atoms with Crippen LogP contribution < -0.4 is 20.1 Å². The van der Waals surface area contributed by atoms with Gasteiger partial charge in [0.2, 0.25) is 0 Å². The first kappa shape index (κ1) is 35.4. The zero-order chi connectivity index (χ0) is 36.4. The van der Waals surface area contributed by atoms with Crippen molar-refractivity contribution in [3.63, 3.8) is 0 Å². The van der Waals surface area contributed by atoms with E-state index in [2.05, 4.69) is 27.6 Å². The van der Waals surface area contributed by atoms with Crippen LogP contribution in [0.15, 0.2) is 33.5 Å². The molecule has 4 aliphatic heterocycles. The first-order valence-corrected chi connectivity index (χ1v) is 18.9. The molecule has 13 nitrogen and oxygen atoms in total. The van der Waals surface area contributed by atoms with E-state index in [-0.39, 0.29) is 48.0 Å². The molecule has 2 amide bonds. The van der Waals surface area contributed by atoms with Crippen molar-refractivity contribution in [3.05, 3.63) is 68.3 Å². The summed E-state index contributed by atoms with van der Waals surface area (Å²) in [5.41, 5.74) is 2.69. The quantitative estimate of drug-likeness (QED) is 0.346. The number of halogens is 1. The first-order chi connectivity index (χ1) is 24.3. The smallest absolute Gasteiger partial charge is 0.341 e. The van der Waals surface area contributed by atoms with E-state index >= 15 is 4.39 Å². The number of nitrogens with zero attached hydrogens (tertiary/aromatic N) is 5. The number of carbonyl (C=O) groups excluding carboxylic acids is 2. The van der Waals surface area contributed by atoms with Crippen molar-refractivity contribution in [2.75, 3.05) is 70.8 Å². The molecule has 2 aromatic carbocycles. The van der Waals surface area contributed by atoms with Crippen LogP contribution >= 0.6 is 0 Å². The van der Waals surface area contributed by atoms with Gasteiger partial charge in [0.15, 0.2) is 0 Å². The van der Waals surface area contributed by atoms with Gasteiger partial charge in [-0.3, -0.25) is 14.5 Å². The van der Waals surface area contributed by atoms with Crippen molar-refractivity contribution in [1.82, 2.24) is 18.8 Å². The van der Waals surface area contributed by atoms with Crippen LogP contribution in [0.3, 0.4) is 0 Å². The molecule has 0 saturated carbocycles. The van der Waals surface area contributed by atoms with Crippen LogP contribution in [0, 0.1) is 12.7 Å². The van der Waals surface area contributed by atoms with E-state index in [0.29, 0.717) is 24.2 Å². The summed E-state index contributed by atoms with van der Waals surface area (Å²) in [5, 5.41) is 0.814. The number of ether oxygens (including phenoxy) is 1. The Morgan fingerprint density at radius 1 is 1.04 bits per heavy atom. The topological polar surface area (TPSA) is 136 Å². The molecular weight excluding hydrogens is 679 g/mol. The molecule has 5 heterocycles. The molecule has 0 spiro atoms. The summed E-state index contributed by atoms with van der Waals surface area (Å²) in [6, 6.07) is 6.15. The third-order valence-electron chi connectivity index (χ3n) is 11.2. The number of fused-ring (bicyclic) bond motifs is 5. The van der Waals surface area contributed by atoms with Gasteiger partial charge in [0.05, 0.1) is 41.6 Å². The summed E-state index contributed by atoms with van der Waals surface area (Å²) in [6.07, 6.45) is 3.37.